The molecule has 4 heterocycles. The van der Waals surface area contributed by atoms with E-state index in [1.54, 1.807) is 6.20 Å². The normalized spacial score (nSPS) is 15.8. The number of ether oxygens (including phenoxy) is 1. The maximum absolute atomic E-state index is 10.0. The van der Waals surface area contributed by atoms with Crippen molar-refractivity contribution in [2.45, 2.75) is 39.2 Å². The third-order valence-corrected chi connectivity index (χ3v) is 5.90. The van der Waals surface area contributed by atoms with E-state index in [1.165, 1.54) is 0 Å². The molecule has 0 unspecified atom stereocenters. The number of aryl methyl sites for hydroxylation is 2. The van der Waals surface area contributed by atoms with Crippen LogP contribution in [0.15, 0.2) is 24.5 Å². The van der Waals surface area contributed by atoms with E-state index < -0.39 is 5.60 Å². The maximum Gasteiger partial charge on any atom is 0.234 e. The lowest BCUT2D eigenvalue weighted by molar-refractivity contribution is 0.0210. The lowest BCUT2D eigenvalue weighted by Crippen LogP contribution is -2.43. The van der Waals surface area contributed by atoms with Gasteiger partial charge in [-0.05, 0) is 64.8 Å². The smallest absolute Gasteiger partial charge is 0.234 e. The molecule has 1 aliphatic rings. The van der Waals surface area contributed by atoms with E-state index in [2.05, 4.69) is 19.9 Å². The Balaban J connectivity index is 1.44. The van der Waals surface area contributed by atoms with Crippen LogP contribution in [0, 0.1) is 24.2 Å². The number of nitriles is 1. The topological polar surface area (TPSA) is 100 Å². The monoisotopic (exact) mass is 434 g/mol. The van der Waals surface area contributed by atoms with Crippen LogP contribution in [0.3, 0.4) is 0 Å². The molecular formula is C24H30N6O2. The van der Waals surface area contributed by atoms with Crippen LogP contribution >= 0.6 is 0 Å². The number of β-amino-alcohol motifs (C(OH)–C–C–N with tert-alkyl or cyclic N) is 1. The highest BCUT2D eigenvalue weighted by Crippen LogP contribution is 2.29. The SMILES string of the molecule is Cc1cc(-c2nc(C#N)nc3c2ccn3C)cnc1OCC1CCN(CC(C)(C)O)CC1. The number of hydrogen-bond acceptors (Lipinski definition) is 7. The van der Waals surface area contributed by atoms with Crippen LogP contribution < -0.4 is 4.74 Å². The van der Waals surface area contributed by atoms with Crippen LogP contribution in [-0.4, -0.2) is 61.4 Å². The van der Waals surface area contributed by atoms with Crippen molar-refractivity contribution in [3.05, 3.63) is 35.9 Å². The molecule has 8 nitrogen and oxygen atoms in total. The molecule has 3 aromatic rings. The summed E-state index contributed by atoms with van der Waals surface area (Å²) in [6.45, 7) is 8.98. The van der Waals surface area contributed by atoms with Gasteiger partial charge < -0.3 is 19.3 Å². The zero-order valence-corrected chi connectivity index (χ0v) is 19.2. The molecule has 1 fully saturated rings. The fourth-order valence-corrected chi connectivity index (χ4v) is 4.30. The van der Waals surface area contributed by atoms with Crippen LogP contribution in [0.1, 0.15) is 38.1 Å². The van der Waals surface area contributed by atoms with E-state index in [0.717, 1.165) is 48.1 Å². The number of fused-ring (bicyclic) bond motifs is 1. The first kappa shape index (κ1) is 22.2. The molecule has 0 saturated carbocycles. The number of hydrogen-bond donors (Lipinski definition) is 1. The number of pyridine rings is 1. The van der Waals surface area contributed by atoms with Gasteiger partial charge in [0.15, 0.2) is 0 Å². The molecule has 168 valence electrons. The molecule has 0 radical (unpaired) electrons. The van der Waals surface area contributed by atoms with Crippen molar-refractivity contribution in [3.8, 4) is 23.2 Å². The van der Waals surface area contributed by atoms with E-state index in [1.807, 2.05) is 56.8 Å². The van der Waals surface area contributed by atoms with Gasteiger partial charge in [0.05, 0.1) is 17.9 Å². The Bertz CT molecular complexity index is 1150. The van der Waals surface area contributed by atoms with Gasteiger partial charge in [0.2, 0.25) is 11.7 Å². The fraction of sp³-hybridized carbons (Fsp3) is 0.500. The lowest BCUT2D eigenvalue weighted by Gasteiger charge is -2.35. The molecule has 0 aliphatic carbocycles. The average Bonchev–Trinajstić information content (AvgIpc) is 3.13. The second kappa shape index (κ2) is 8.85. The first-order chi connectivity index (χ1) is 15.2. The van der Waals surface area contributed by atoms with Gasteiger partial charge in [0.25, 0.3) is 0 Å². The minimum atomic E-state index is -0.658. The summed E-state index contributed by atoms with van der Waals surface area (Å²) in [6.07, 6.45) is 5.77. The molecule has 0 atom stereocenters. The van der Waals surface area contributed by atoms with Gasteiger partial charge in [-0.15, -0.1) is 0 Å². The Morgan fingerprint density at radius 3 is 2.69 bits per heavy atom. The molecule has 4 rings (SSSR count). The van der Waals surface area contributed by atoms with Crippen LogP contribution in [0.5, 0.6) is 5.88 Å². The van der Waals surface area contributed by atoms with Gasteiger partial charge in [-0.1, -0.05) is 0 Å². The number of likely N-dealkylation sites (tertiary alicyclic amines) is 1. The minimum absolute atomic E-state index is 0.142. The maximum atomic E-state index is 10.0. The molecule has 0 amide bonds. The largest absolute Gasteiger partial charge is 0.477 e. The molecule has 0 spiro atoms. The molecule has 1 aliphatic heterocycles. The first-order valence-electron chi connectivity index (χ1n) is 11.0. The second-order valence-electron chi connectivity index (χ2n) is 9.36. The van der Waals surface area contributed by atoms with Crippen LogP contribution in [0.25, 0.3) is 22.3 Å². The number of aromatic nitrogens is 4. The van der Waals surface area contributed by atoms with E-state index in [4.69, 9.17) is 4.74 Å². The van der Waals surface area contributed by atoms with Gasteiger partial charge in [-0.3, -0.25) is 0 Å². The summed E-state index contributed by atoms with van der Waals surface area (Å²) >= 11 is 0. The van der Waals surface area contributed by atoms with Gasteiger partial charge in [-0.2, -0.15) is 5.26 Å². The number of rotatable bonds is 6. The van der Waals surface area contributed by atoms with Crippen LogP contribution in [0.4, 0.5) is 0 Å². The van der Waals surface area contributed by atoms with Crippen molar-refractivity contribution >= 4 is 11.0 Å². The van der Waals surface area contributed by atoms with Gasteiger partial charge in [-0.25, -0.2) is 15.0 Å². The molecule has 1 saturated heterocycles. The lowest BCUT2D eigenvalue weighted by atomic mass is 9.96. The van der Waals surface area contributed by atoms with Crippen molar-refractivity contribution in [3.63, 3.8) is 0 Å². The summed E-state index contributed by atoms with van der Waals surface area (Å²) in [6, 6.07) is 6.00. The number of aliphatic hydroxyl groups is 1. The van der Waals surface area contributed by atoms with Crippen molar-refractivity contribution < 1.29 is 9.84 Å². The zero-order valence-electron chi connectivity index (χ0n) is 19.2. The number of piperidine rings is 1. The molecule has 32 heavy (non-hydrogen) atoms. The highest BCUT2D eigenvalue weighted by molar-refractivity contribution is 5.91. The van der Waals surface area contributed by atoms with E-state index in [0.29, 0.717) is 30.6 Å². The van der Waals surface area contributed by atoms with Crippen molar-refractivity contribution in [2.75, 3.05) is 26.2 Å². The molecule has 0 aromatic carbocycles. The Morgan fingerprint density at radius 1 is 1.28 bits per heavy atom. The van der Waals surface area contributed by atoms with Crippen molar-refractivity contribution in [2.24, 2.45) is 13.0 Å². The summed E-state index contributed by atoms with van der Waals surface area (Å²) in [7, 11) is 1.90. The molecular weight excluding hydrogens is 404 g/mol. The zero-order chi connectivity index (χ0) is 22.9. The Labute approximate surface area is 188 Å². The summed E-state index contributed by atoms with van der Waals surface area (Å²) in [5.74, 6) is 1.26. The van der Waals surface area contributed by atoms with E-state index in [9.17, 15) is 10.4 Å². The standard InChI is InChI=1S/C24H30N6O2/c1-16-11-18(21-19-7-8-29(4)22(19)28-20(12-25)27-21)13-26-23(16)32-14-17-5-9-30(10-6-17)15-24(2,3)31/h7-8,11,13,17,31H,5-6,9-10,14-15H2,1-4H3. The molecule has 0 bridgehead atoms. The molecule has 1 N–H and O–H groups in total. The van der Waals surface area contributed by atoms with Crippen molar-refractivity contribution in [1.29, 1.82) is 5.26 Å². The highest BCUT2D eigenvalue weighted by atomic mass is 16.5. The summed E-state index contributed by atoms with van der Waals surface area (Å²) in [4.78, 5) is 15.6. The fourth-order valence-electron chi connectivity index (χ4n) is 4.30. The van der Waals surface area contributed by atoms with E-state index in [-0.39, 0.29) is 5.82 Å². The molecule has 3 aromatic heterocycles. The Kier molecular flexibility index (Phi) is 6.13. The van der Waals surface area contributed by atoms with E-state index >= 15 is 0 Å². The predicted molar refractivity (Wildman–Crippen MR) is 122 cm³/mol. The van der Waals surface area contributed by atoms with Gasteiger partial charge in [0.1, 0.15) is 11.7 Å². The highest BCUT2D eigenvalue weighted by Gasteiger charge is 2.24. The van der Waals surface area contributed by atoms with Crippen LogP contribution in [-0.2, 0) is 7.05 Å². The second-order valence-corrected chi connectivity index (χ2v) is 9.36. The predicted octanol–water partition coefficient (Wildman–Crippen LogP) is 3.07. The molecule has 8 heteroatoms. The minimum Gasteiger partial charge on any atom is -0.477 e. The van der Waals surface area contributed by atoms with Crippen molar-refractivity contribution in [1.82, 2.24) is 24.4 Å². The third-order valence-electron chi connectivity index (χ3n) is 5.90. The quantitative estimate of drug-likeness (QED) is 0.636. The summed E-state index contributed by atoms with van der Waals surface area (Å²) in [5.41, 5.74) is 2.54. The number of nitrogens with zero attached hydrogens (tertiary/aromatic N) is 6. The summed E-state index contributed by atoms with van der Waals surface area (Å²) < 4.78 is 7.95. The third kappa shape index (κ3) is 4.90. The first-order valence-corrected chi connectivity index (χ1v) is 11.0. The van der Waals surface area contributed by atoms with Gasteiger partial charge in [0, 0.05) is 42.5 Å². The van der Waals surface area contributed by atoms with Crippen LogP contribution in [0.2, 0.25) is 0 Å². The summed E-state index contributed by atoms with van der Waals surface area (Å²) in [5, 5.41) is 20.2. The van der Waals surface area contributed by atoms with Gasteiger partial charge >= 0.3 is 0 Å². The average molecular weight is 435 g/mol. The Hall–Kier alpha value is -3.02. The Morgan fingerprint density at radius 2 is 2.03 bits per heavy atom.